The lowest BCUT2D eigenvalue weighted by Crippen LogP contribution is -1.91. The number of phenolic OH excluding ortho intramolecular Hbond substituents is 1. The minimum atomic E-state index is 0.227. The van der Waals surface area contributed by atoms with Gasteiger partial charge in [-0.2, -0.15) is 0 Å². The highest BCUT2D eigenvalue weighted by molar-refractivity contribution is 5.90. The number of aryl methyl sites for hydroxylation is 3. The number of hydrogen-bond donors (Lipinski definition) is 1. The number of aromatic hydroxyl groups is 1. The fourth-order valence-electron chi connectivity index (χ4n) is 1.68. The smallest absolute Gasteiger partial charge is 0.141 e. The van der Waals surface area contributed by atoms with Crippen LogP contribution in [0.15, 0.2) is 12.1 Å². The van der Waals surface area contributed by atoms with E-state index >= 15 is 0 Å². The van der Waals surface area contributed by atoms with Crippen molar-refractivity contribution in [2.75, 3.05) is 0 Å². The maximum absolute atomic E-state index is 9.63. The molecule has 71 valence electrons. The van der Waals surface area contributed by atoms with Crippen LogP contribution >= 0.6 is 0 Å². The quantitative estimate of drug-likeness (QED) is 0.686. The van der Waals surface area contributed by atoms with Crippen LogP contribution in [0.2, 0.25) is 0 Å². The molecule has 14 heavy (non-hydrogen) atoms. The van der Waals surface area contributed by atoms with Crippen LogP contribution in [0.5, 0.6) is 5.75 Å². The number of rotatable bonds is 0. The van der Waals surface area contributed by atoms with Crippen molar-refractivity contribution in [3.8, 4) is 5.75 Å². The number of benzene rings is 1. The fourth-order valence-corrected chi connectivity index (χ4v) is 1.68. The molecule has 1 heterocycles. The van der Waals surface area contributed by atoms with E-state index in [4.69, 9.17) is 0 Å². The van der Waals surface area contributed by atoms with Gasteiger partial charge in [-0.3, -0.25) is 0 Å². The molecule has 0 fully saturated rings. The first-order valence-corrected chi connectivity index (χ1v) is 4.58. The second-order valence-electron chi connectivity index (χ2n) is 3.60. The monoisotopic (exact) mass is 186 g/mol. The molecular formula is C12H12NO. The maximum Gasteiger partial charge on any atom is 0.141 e. The molecule has 2 heteroatoms. The second-order valence-corrected chi connectivity index (χ2v) is 3.60. The number of pyridine rings is 1. The molecule has 0 atom stereocenters. The van der Waals surface area contributed by atoms with E-state index in [1.54, 1.807) is 6.07 Å². The summed E-state index contributed by atoms with van der Waals surface area (Å²) in [5.74, 6) is 0.227. The summed E-state index contributed by atoms with van der Waals surface area (Å²) in [7, 11) is 0. The molecule has 0 aliphatic heterocycles. The van der Waals surface area contributed by atoms with E-state index in [0.717, 1.165) is 22.1 Å². The normalized spacial score (nSPS) is 10.8. The largest absolute Gasteiger partial charge is 0.506 e. The lowest BCUT2D eigenvalue weighted by molar-refractivity contribution is 0.480. The molecule has 0 spiro atoms. The Morgan fingerprint density at radius 1 is 1.21 bits per heavy atom. The van der Waals surface area contributed by atoms with Gasteiger partial charge in [-0.05, 0) is 43.5 Å². The van der Waals surface area contributed by atoms with E-state index in [-0.39, 0.29) is 5.75 Å². The molecule has 1 N–H and O–H groups in total. The molecule has 0 aliphatic carbocycles. The highest BCUT2D eigenvalue weighted by Gasteiger charge is 2.08. The number of fused-ring (bicyclic) bond motifs is 1. The summed E-state index contributed by atoms with van der Waals surface area (Å²) in [6.07, 6.45) is 2.90. The lowest BCUT2D eigenvalue weighted by atomic mass is 10.0. The second kappa shape index (κ2) is 2.98. The van der Waals surface area contributed by atoms with Crippen LogP contribution < -0.4 is 0 Å². The van der Waals surface area contributed by atoms with Crippen molar-refractivity contribution in [1.82, 2.24) is 4.98 Å². The highest BCUT2D eigenvalue weighted by atomic mass is 16.3. The van der Waals surface area contributed by atoms with Gasteiger partial charge in [-0.1, -0.05) is 6.07 Å². The summed E-state index contributed by atoms with van der Waals surface area (Å²) in [6.45, 7) is 6.03. The van der Waals surface area contributed by atoms with Crippen LogP contribution in [0, 0.1) is 27.0 Å². The zero-order valence-electron chi connectivity index (χ0n) is 8.55. The lowest BCUT2D eigenvalue weighted by Gasteiger charge is -2.08. The van der Waals surface area contributed by atoms with Gasteiger partial charge in [0.25, 0.3) is 0 Å². The number of phenols is 1. The molecule has 2 aromatic rings. The first-order valence-electron chi connectivity index (χ1n) is 4.58. The molecule has 0 aliphatic rings. The molecule has 1 aromatic heterocycles. The van der Waals surface area contributed by atoms with E-state index < -0.39 is 0 Å². The van der Waals surface area contributed by atoms with Crippen LogP contribution in [0.4, 0.5) is 0 Å². The predicted octanol–water partition coefficient (Wildman–Crippen LogP) is 2.67. The third kappa shape index (κ3) is 1.15. The van der Waals surface area contributed by atoms with Crippen molar-refractivity contribution in [2.24, 2.45) is 0 Å². The van der Waals surface area contributed by atoms with E-state index in [1.165, 1.54) is 0 Å². The summed E-state index contributed by atoms with van der Waals surface area (Å²) >= 11 is 0. The van der Waals surface area contributed by atoms with Gasteiger partial charge in [0.05, 0.1) is 6.20 Å². The summed E-state index contributed by atoms with van der Waals surface area (Å²) in [6, 6.07) is 3.58. The topological polar surface area (TPSA) is 33.1 Å². The van der Waals surface area contributed by atoms with E-state index in [2.05, 4.69) is 11.2 Å². The van der Waals surface area contributed by atoms with Crippen molar-refractivity contribution < 1.29 is 5.11 Å². The average Bonchev–Trinajstić information content (AvgIpc) is 2.16. The Morgan fingerprint density at radius 2 is 1.93 bits per heavy atom. The molecular weight excluding hydrogens is 174 g/mol. The van der Waals surface area contributed by atoms with Crippen LogP contribution in [-0.2, 0) is 0 Å². The van der Waals surface area contributed by atoms with Gasteiger partial charge < -0.3 is 5.11 Å². The Kier molecular flexibility index (Phi) is 1.92. The standard InChI is InChI=1S/C12H12NO/c1-7-4-5-10(14)12-11(7)9(3)8(2)6-13-12/h4-5,14H,1-3H3. The highest BCUT2D eigenvalue weighted by Crippen LogP contribution is 2.28. The Bertz CT molecular complexity index is 503. The first-order chi connectivity index (χ1) is 6.61. The van der Waals surface area contributed by atoms with E-state index in [1.807, 2.05) is 26.8 Å². The number of nitrogens with zero attached hydrogens (tertiary/aromatic N) is 1. The summed E-state index contributed by atoms with van der Waals surface area (Å²) < 4.78 is 0. The van der Waals surface area contributed by atoms with Gasteiger partial charge in [0.2, 0.25) is 0 Å². The third-order valence-electron chi connectivity index (χ3n) is 2.64. The summed E-state index contributed by atoms with van der Waals surface area (Å²) in [5.41, 5.74) is 3.96. The Balaban J connectivity index is 3.01. The summed E-state index contributed by atoms with van der Waals surface area (Å²) in [4.78, 5) is 4.13. The zero-order valence-corrected chi connectivity index (χ0v) is 8.55. The average molecular weight is 186 g/mol. The van der Waals surface area contributed by atoms with E-state index in [9.17, 15) is 5.11 Å². The van der Waals surface area contributed by atoms with Gasteiger partial charge >= 0.3 is 0 Å². The molecule has 0 saturated heterocycles. The molecule has 0 bridgehead atoms. The minimum Gasteiger partial charge on any atom is -0.506 e. The van der Waals surface area contributed by atoms with Crippen molar-refractivity contribution in [3.63, 3.8) is 0 Å². The Morgan fingerprint density at radius 3 is 2.64 bits per heavy atom. The molecule has 2 nitrogen and oxygen atoms in total. The van der Waals surface area contributed by atoms with Crippen LogP contribution in [0.25, 0.3) is 10.9 Å². The third-order valence-corrected chi connectivity index (χ3v) is 2.64. The SMILES string of the molecule is Cc1[c]nc2c(O)ccc(C)c2c1C. The number of aromatic nitrogens is 1. The number of hydrogen-bond acceptors (Lipinski definition) is 2. The molecule has 1 aromatic carbocycles. The zero-order chi connectivity index (χ0) is 10.3. The van der Waals surface area contributed by atoms with E-state index in [0.29, 0.717) is 5.52 Å². The van der Waals surface area contributed by atoms with Crippen molar-refractivity contribution in [2.45, 2.75) is 20.8 Å². The molecule has 0 saturated carbocycles. The maximum atomic E-state index is 9.63. The Hall–Kier alpha value is -1.57. The molecule has 0 amide bonds. The van der Waals surface area contributed by atoms with Gasteiger partial charge in [0.15, 0.2) is 0 Å². The first kappa shape index (κ1) is 9.00. The predicted molar refractivity (Wildman–Crippen MR) is 56.5 cm³/mol. The van der Waals surface area contributed by atoms with Crippen LogP contribution in [0.3, 0.4) is 0 Å². The Labute approximate surface area is 83.2 Å². The molecule has 1 radical (unpaired) electrons. The molecule has 2 rings (SSSR count). The van der Waals surface area contributed by atoms with Crippen LogP contribution in [0.1, 0.15) is 16.7 Å². The summed E-state index contributed by atoms with van der Waals surface area (Å²) in [5, 5.41) is 10.7. The van der Waals surface area contributed by atoms with Crippen molar-refractivity contribution in [1.29, 1.82) is 0 Å². The van der Waals surface area contributed by atoms with Crippen LogP contribution in [-0.4, -0.2) is 10.1 Å². The minimum absolute atomic E-state index is 0.227. The van der Waals surface area contributed by atoms with Gasteiger partial charge in [-0.15, -0.1) is 0 Å². The molecule has 0 unspecified atom stereocenters. The van der Waals surface area contributed by atoms with Gasteiger partial charge in [0.1, 0.15) is 11.3 Å². The van der Waals surface area contributed by atoms with Crippen molar-refractivity contribution >= 4 is 10.9 Å². The van der Waals surface area contributed by atoms with Gasteiger partial charge in [-0.25, -0.2) is 4.98 Å². The van der Waals surface area contributed by atoms with Gasteiger partial charge in [0, 0.05) is 5.39 Å². The fraction of sp³-hybridized carbons (Fsp3) is 0.250. The van der Waals surface area contributed by atoms with Crippen molar-refractivity contribution in [3.05, 3.63) is 35.0 Å².